The van der Waals surface area contributed by atoms with E-state index in [1.165, 1.54) is 6.07 Å². The first-order chi connectivity index (χ1) is 7.67. The molecule has 2 nitrogen and oxygen atoms in total. The van der Waals surface area contributed by atoms with Crippen molar-refractivity contribution in [2.75, 3.05) is 13.1 Å². The van der Waals surface area contributed by atoms with Gasteiger partial charge in [-0.05, 0) is 43.0 Å². The van der Waals surface area contributed by atoms with Crippen molar-refractivity contribution in [1.29, 1.82) is 0 Å². The van der Waals surface area contributed by atoms with Gasteiger partial charge in [0.25, 0.3) is 0 Å². The van der Waals surface area contributed by atoms with Gasteiger partial charge in [0.1, 0.15) is 11.4 Å². The van der Waals surface area contributed by atoms with Crippen molar-refractivity contribution in [1.82, 2.24) is 5.32 Å². The number of rotatable bonds is 4. The molecular weight excluding hydrogens is 205 g/mol. The SMILES string of the molecule is CCCNCC1(O)CCc2c(F)cccc21. The zero-order valence-electron chi connectivity index (χ0n) is 9.59. The van der Waals surface area contributed by atoms with E-state index in [9.17, 15) is 9.50 Å². The lowest BCUT2D eigenvalue weighted by Crippen LogP contribution is -2.36. The van der Waals surface area contributed by atoms with Crippen molar-refractivity contribution in [3.05, 3.63) is 35.1 Å². The van der Waals surface area contributed by atoms with Crippen LogP contribution in [0, 0.1) is 5.82 Å². The van der Waals surface area contributed by atoms with E-state index in [0.717, 1.165) is 18.5 Å². The lowest BCUT2D eigenvalue weighted by Gasteiger charge is -2.24. The molecule has 1 unspecified atom stereocenters. The molecule has 0 fully saturated rings. The normalized spacial score (nSPS) is 23.4. The number of fused-ring (bicyclic) bond motifs is 1. The van der Waals surface area contributed by atoms with Crippen molar-refractivity contribution in [3.63, 3.8) is 0 Å². The van der Waals surface area contributed by atoms with E-state index in [4.69, 9.17) is 0 Å². The Balaban J connectivity index is 2.18. The van der Waals surface area contributed by atoms with Crippen LogP contribution in [0.1, 0.15) is 30.9 Å². The molecule has 0 aromatic heterocycles. The summed E-state index contributed by atoms with van der Waals surface area (Å²) in [6.45, 7) is 3.48. The molecule has 16 heavy (non-hydrogen) atoms. The largest absolute Gasteiger partial charge is 0.384 e. The minimum absolute atomic E-state index is 0.191. The second-order valence-corrected chi connectivity index (χ2v) is 4.47. The molecule has 1 aliphatic carbocycles. The number of halogens is 1. The van der Waals surface area contributed by atoms with Crippen LogP contribution in [0.25, 0.3) is 0 Å². The molecule has 0 amide bonds. The van der Waals surface area contributed by atoms with E-state index in [-0.39, 0.29) is 5.82 Å². The van der Waals surface area contributed by atoms with Crippen LogP contribution in [0.15, 0.2) is 18.2 Å². The molecule has 2 rings (SSSR count). The molecular formula is C13H18FNO. The summed E-state index contributed by atoms with van der Waals surface area (Å²) in [7, 11) is 0. The fourth-order valence-electron chi connectivity index (χ4n) is 2.37. The van der Waals surface area contributed by atoms with Gasteiger partial charge in [-0.15, -0.1) is 0 Å². The maximum Gasteiger partial charge on any atom is 0.126 e. The summed E-state index contributed by atoms with van der Waals surface area (Å²) in [5.74, 6) is -0.191. The Bertz CT molecular complexity index is 380. The summed E-state index contributed by atoms with van der Waals surface area (Å²) >= 11 is 0. The van der Waals surface area contributed by atoms with Crippen LogP contribution < -0.4 is 5.32 Å². The maximum atomic E-state index is 13.5. The maximum absolute atomic E-state index is 13.5. The molecule has 1 aromatic rings. The van der Waals surface area contributed by atoms with Gasteiger partial charge in [-0.25, -0.2) is 4.39 Å². The minimum atomic E-state index is -0.882. The highest BCUT2D eigenvalue weighted by Crippen LogP contribution is 2.37. The van der Waals surface area contributed by atoms with Crippen molar-refractivity contribution in [3.8, 4) is 0 Å². The van der Waals surface area contributed by atoms with Gasteiger partial charge in [-0.2, -0.15) is 0 Å². The lowest BCUT2D eigenvalue weighted by atomic mass is 9.96. The first kappa shape index (κ1) is 11.6. The molecule has 2 N–H and O–H groups in total. The average molecular weight is 223 g/mol. The van der Waals surface area contributed by atoms with Crippen molar-refractivity contribution in [2.24, 2.45) is 0 Å². The number of benzene rings is 1. The lowest BCUT2D eigenvalue weighted by molar-refractivity contribution is 0.0389. The van der Waals surface area contributed by atoms with Gasteiger partial charge in [0.2, 0.25) is 0 Å². The van der Waals surface area contributed by atoms with Crippen LogP contribution in [0.3, 0.4) is 0 Å². The van der Waals surface area contributed by atoms with Crippen molar-refractivity contribution < 1.29 is 9.50 Å². The smallest absolute Gasteiger partial charge is 0.126 e. The predicted molar refractivity (Wildman–Crippen MR) is 61.8 cm³/mol. The third kappa shape index (κ3) is 1.97. The first-order valence-electron chi connectivity index (χ1n) is 5.88. The molecule has 1 atom stereocenters. The Hall–Kier alpha value is -0.930. The molecule has 0 aliphatic heterocycles. The van der Waals surface area contributed by atoms with Crippen LogP contribution in [-0.4, -0.2) is 18.2 Å². The number of hydrogen-bond acceptors (Lipinski definition) is 2. The Morgan fingerprint density at radius 1 is 1.50 bits per heavy atom. The predicted octanol–water partition coefficient (Wildman–Crippen LogP) is 1.96. The van der Waals surface area contributed by atoms with Gasteiger partial charge in [0.05, 0.1) is 0 Å². The van der Waals surface area contributed by atoms with Crippen LogP contribution in [-0.2, 0) is 12.0 Å². The highest BCUT2D eigenvalue weighted by atomic mass is 19.1. The summed E-state index contributed by atoms with van der Waals surface area (Å²) < 4.78 is 13.5. The van der Waals surface area contributed by atoms with Gasteiger partial charge in [-0.1, -0.05) is 19.1 Å². The summed E-state index contributed by atoms with van der Waals surface area (Å²) in [5.41, 5.74) is 0.562. The van der Waals surface area contributed by atoms with E-state index in [0.29, 0.717) is 24.9 Å². The number of aliphatic hydroxyl groups is 1. The second kappa shape index (κ2) is 4.52. The van der Waals surface area contributed by atoms with Crippen LogP contribution in [0.4, 0.5) is 4.39 Å². The highest BCUT2D eigenvalue weighted by Gasteiger charge is 2.37. The fraction of sp³-hybridized carbons (Fsp3) is 0.538. The zero-order valence-corrected chi connectivity index (χ0v) is 9.59. The summed E-state index contributed by atoms with van der Waals surface area (Å²) in [5, 5.41) is 13.7. The van der Waals surface area contributed by atoms with Gasteiger partial charge < -0.3 is 10.4 Å². The van der Waals surface area contributed by atoms with E-state index >= 15 is 0 Å². The van der Waals surface area contributed by atoms with Gasteiger partial charge >= 0.3 is 0 Å². The Labute approximate surface area is 95.5 Å². The second-order valence-electron chi connectivity index (χ2n) is 4.47. The zero-order chi connectivity index (χ0) is 11.6. The number of nitrogens with one attached hydrogen (secondary N) is 1. The van der Waals surface area contributed by atoms with E-state index < -0.39 is 5.60 Å². The molecule has 3 heteroatoms. The molecule has 0 radical (unpaired) electrons. The third-order valence-electron chi connectivity index (χ3n) is 3.25. The van der Waals surface area contributed by atoms with Crippen molar-refractivity contribution in [2.45, 2.75) is 31.8 Å². The van der Waals surface area contributed by atoms with Crippen LogP contribution >= 0.6 is 0 Å². The van der Waals surface area contributed by atoms with E-state index in [1.807, 2.05) is 6.07 Å². The number of hydrogen-bond donors (Lipinski definition) is 2. The molecule has 0 bridgehead atoms. The molecule has 1 aromatic carbocycles. The first-order valence-corrected chi connectivity index (χ1v) is 5.88. The summed E-state index contributed by atoms with van der Waals surface area (Å²) in [6, 6.07) is 4.97. The summed E-state index contributed by atoms with van der Waals surface area (Å²) in [4.78, 5) is 0. The molecule has 88 valence electrons. The minimum Gasteiger partial charge on any atom is -0.384 e. The Kier molecular flexibility index (Phi) is 3.26. The third-order valence-corrected chi connectivity index (χ3v) is 3.25. The summed E-state index contributed by atoms with van der Waals surface area (Å²) in [6.07, 6.45) is 2.28. The molecule has 0 saturated carbocycles. The van der Waals surface area contributed by atoms with E-state index in [2.05, 4.69) is 12.2 Å². The van der Waals surface area contributed by atoms with Gasteiger partial charge in [-0.3, -0.25) is 0 Å². The van der Waals surface area contributed by atoms with Gasteiger partial charge in [0, 0.05) is 6.54 Å². The standard InChI is InChI=1S/C13H18FNO/c1-2-8-15-9-13(16)7-6-10-11(13)4-3-5-12(10)14/h3-5,15-16H,2,6-9H2,1H3. The Morgan fingerprint density at radius 3 is 3.06 bits per heavy atom. The molecule has 1 aliphatic rings. The van der Waals surface area contributed by atoms with Crippen LogP contribution in [0.2, 0.25) is 0 Å². The van der Waals surface area contributed by atoms with Gasteiger partial charge in [0.15, 0.2) is 0 Å². The van der Waals surface area contributed by atoms with E-state index in [1.54, 1.807) is 6.07 Å². The fourth-order valence-corrected chi connectivity index (χ4v) is 2.37. The molecule has 0 spiro atoms. The molecule has 0 saturated heterocycles. The topological polar surface area (TPSA) is 32.3 Å². The average Bonchev–Trinajstić information content (AvgIpc) is 2.59. The van der Waals surface area contributed by atoms with Crippen LogP contribution in [0.5, 0.6) is 0 Å². The monoisotopic (exact) mass is 223 g/mol. The quantitative estimate of drug-likeness (QED) is 0.765. The molecule has 0 heterocycles. The van der Waals surface area contributed by atoms with Crippen molar-refractivity contribution >= 4 is 0 Å². The Morgan fingerprint density at radius 2 is 2.31 bits per heavy atom. The highest BCUT2D eigenvalue weighted by molar-refractivity contribution is 5.38.